The lowest BCUT2D eigenvalue weighted by molar-refractivity contribution is -0.384. The Morgan fingerprint density at radius 2 is 2.33 bits per heavy atom. The van der Waals surface area contributed by atoms with Gasteiger partial charge < -0.3 is 15.7 Å². The zero-order chi connectivity index (χ0) is 13.1. The van der Waals surface area contributed by atoms with Gasteiger partial charge in [-0.05, 0) is 25.5 Å². The first-order chi connectivity index (χ1) is 8.58. The van der Waals surface area contributed by atoms with Gasteiger partial charge in [-0.3, -0.25) is 14.9 Å². The molecular weight excluding hydrogens is 238 g/mol. The third kappa shape index (κ3) is 2.57. The van der Waals surface area contributed by atoms with Crippen molar-refractivity contribution >= 4 is 17.3 Å². The smallest absolute Gasteiger partial charge is 0.273 e. The average molecular weight is 251 g/mol. The molecule has 0 saturated carbocycles. The lowest BCUT2D eigenvalue weighted by atomic mass is 10.2. The number of nitrogens with one attached hydrogen (secondary N) is 2. The Labute approximate surface area is 103 Å². The van der Waals surface area contributed by atoms with Crippen molar-refractivity contribution in [2.45, 2.75) is 18.9 Å². The largest absolute Gasteiger partial charge is 0.506 e. The highest BCUT2D eigenvalue weighted by molar-refractivity contribution is 5.96. The van der Waals surface area contributed by atoms with Crippen molar-refractivity contribution in [1.29, 1.82) is 0 Å². The normalized spacial score (nSPS) is 18.6. The van der Waals surface area contributed by atoms with Crippen LogP contribution in [-0.2, 0) is 4.79 Å². The van der Waals surface area contributed by atoms with Crippen LogP contribution in [0.3, 0.4) is 0 Å². The van der Waals surface area contributed by atoms with Gasteiger partial charge in [-0.2, -0.15) is 0 Å². The van der Waals surface area contributed by atoms with Gasteiger partial charge in [-0.1, -0.05) is 0 Å². The highest BCUT2D eigenvalue weighted by Crippen LogP contribution is 2.28. The molecule has 3 N–H and O–H groups in total. The number of nitro groups is 1. The van der Waals surface area contributed by atoms with E-state index in [2.05, 4.69) is 10.6 Å². The molecule has 0 aromatic heterocycles. The van der Waals surface area contributed by atoms with Crippen LogP contribution in [0.5, 0.6) is 5.75 Å². The Hall–Kier alpha value is -2.15. The molecular formula is C11H13N3O4. The van der Waals surface area contributed by atoms with Gasteiger partial charge in [0.25, 0.3) is 5.69 Å². The first kappa shape index (κ1) is 12.3. The number of rotatable bonds is 3. The van der Waals surface area contributed by atoms with Crippen LogP contribution in [0.2, 0.25) is 0 Å². The average Bonchev–Trinajstić information content (AvgIpc) is 2.85. The summed E-state index contributed by atoms with van der Waals surface area (Å²) in [6, 6.07) is 3.30. The fourth-order valence-electron chi connectivity index (χ4n) is 1.87. The summed E-state index contributed by atoms with van der Waals surface area (Å²) in [4.78, 5) is 21.7. The minimum atomic E-state index is -0.607. The van der Waals surface area contributed by atoms with Crippen molar-refractivity contribution in [3.05, 3.63) is 28.3 Å². The molecule has 1 aromatic carbocycles. The molecule has 1 aromatic rings. The van der Waals surface area contributed by atoms with Crippen molar-refractivity contribution in [2.24, 2.45) is 0 Å². The first-order valence-electron chi connectivity index (χ1n) is 5.59. The van der Waals surface area contributed by atoms with Gasteiger partial charge in [0.15, 0.2) is 0 Å². The van der Waals surface area contributed by atoms with Crippen LogP contribution in [0.25, 0.3) is 0 Å². The van der Waals surface area contributed by atoms with Crippen LogP contribution in [0.15, 0.2) is 18.2 Å². The Morgan fingerprint density at radius 1 is 1.56 bits per heavy atom. The fraction of sp³-hybridized carbons (Fsp3) is 0.364. The van der Waals surface area contributed by atoms with E-state index in [1.807, 2.05) is 0 Å². The van der Waals surface area contributed by atoms with Crippen LogP contribution in [0, 0.1) is 10.1 Å². The molecule has 0 radical (unpaired) electrons. The molecule has 1 aliphatic rings. The zero-order valence-corrected chi connectivity index (χ0v) is 9.55. The maximum Gasteiger partial charge on any atom is 0.273 e. The Morgan fingerprint density at radius 3 is 2.89 bits per heavy atom. The van der Waals surface area contributed by atoms with E-state index in [1.165, 1.54) is 12.1 Å². The second-order valence-electron chi connectivity index (χ2n) is 4.10. The highest BCUT2D eigenvalue weighted by atomic mass is 16.6. The van der Waals surface area contributed by atoms with E-state index in [4.69, 9.17) is 0 Å². The van der Waals surface area contributed by atoms with Gasteiger partial charge in [0.05, 0.1) is 22.7 Å². The van der Waals surface area contributed by atoms with Gasteiger partial charge in [0, 0.05) is 6.07 Å². The molecule has 96 valence electrons. The molecule has 1 amide bonds. The molecule has 18 heavy (non-hydrogen) atoms. The van der Waals surface area contributed by atoms with Crippen LogP contribution in [0.1, 0.15) is 12.8 Å². The number of non-ortho nitro benzene ring substituents is 1. The van der Waals surface area contributed by atoms with E-state index in [9.17, 15) is 20.0 Å². The second kappa shape index (κ2) is 5.01. The van der Waals surface area contributed by atoms with E-state index in [0.717, 1.165) is 25.5 Å². The third-order valence-electron chi connectivity index (χ3n) is 2.83. The molecule has 7 nitrogen and oxygen atoms in total. The number of benzene rings is 1. The van der Waals surface area contributed by atoms with Gasteiger partial charge in [-0.15, -0.1) is 0 Å². The van der Waals surface area contributed by atoms with Gasteiger partial charge >= 0.3 is 0 Å². The van der Waals surface area contributed by atoms with E-state index < -0.39 is 4.92 Å². The summed E-state index contributed by atoms with van der Waals surface area (Å²) in [6.07, 6.45) is 1.68. The van der Waals surface area contributed by atoms with Crippen molar-refractivity contribution in [3.8, 4) is 5.75 Å². The Balaban J connectivity index is 2.09. The van der Waals surface area contributed by atoms with Gasteiger partial charge in [0.1, 0.15) is 5.75 Å². The lowest BCUT2D eigenvalue weighted by Crippen LogP contribution is -2.35. The molecule has 2 rings (SSSR count). The molecule has 7 heteroatoms. The number of carbonyl (C=O) groups excluding carboxylic acids is 1. The summed E-state index contributed by atoms with van der Waals surface area (Å²) < 4.78 is 0. The summed E-state index contributed by atoms with van der Waals surface area (Å²) in [5.74, 6) is -0.549. The van der Waals surface area contributed by atoms with E-state index in [-0.39, 0.29) is 29.1 Å². The predicted octanol–water partition coefficient (Wildman–Crippen LogP) is 0.991. The first-order valence-corrected chi connectivity index (χ1v) is 5.59. The minimum absolute atomic E-state index is 0.180. The molecule has 1 saturated heterocycles. The van der Waals surface area contributed by atoms with Crippen LogP contribution >= 0.6 is 0 Å². The SMILES string of the molecule is O=C(Nc1ccc([N+](=O)[O-])cc1O)C1CCCN1. The molecule has 1 fully saturated rings. The summed E-state index contributed by atoms with van der Waals surface area (Å²) in [7, 11) is 0. The quantitative estimate of drug-likeness (QED) is 0.422. The highest BCUT2D eigenvalue weighted by Gasteiger charge is 2.23. The molecule has 1 unspecified atom stereocenters. The molecule has 0 aliphatic carbocycles. The van der Waals surface area contributed by atoms with Crippen LogP contribution in [0.4, 0.5) is 11.4 Å². The van der Waals surface area contributed by atoms with E-state index in [1.54, 1.807) is 0 Å². The Bertz CT molecular complexity index is 483. The molecule has 0 spiro atoms. The number of nitrogens with zero attached hydrogens (tertiary/aromatic N) is 1. The zero-order valence-electron chi connectivity index (χ0n) is 9.55. The van der Waals surface area contributed by atoms with Crippen molar-refractivity contribution in [1.82, 2.24) is 5.32 Å². The maximum absolute atomic E-state index is 11.8. The van der Waals surface area contributed by atoms with Gasteiger partial charge in [-0.25, -0.2) is 0 Å². The molecule has 0 bridgehead atoms. The standard InChI is InChI=1S/C11H13N3O4/c15-10-6-7(14(17)18)3-4-8(10)13-11(16)9-2-1-5-12-9/h3-4,6,9,12,15H,1-2,5H2,(H,13,16). The number of hydrogen-bond donors (Lipinski definition) is 3. The second-order valence-corrected chi connectivity index (χ2v) is 4.10. The topological polar surface area (TPSA) is 104 Å². The lowest BCUT2D eigenvalue weighted by Gasteiger charge is -2.11. The molecule has 1 atom stereocenters. The number of anilines is 1. The third-order valence-corrected chi connectivity index (χ3v) is 2.83. The van der Waals surface area contributed by atoms with Crippen molar-refractivity contribution < 1.29 is 14.8 Å². The number of phenolic OH excluding ortho intramolecular Hbond substituents is 1. The number of phenols is 1. The minimum Gasteiger partial charge on any atom is -0.506 e. The van der Waals surface area contributed by atoms with Gasteiger partial charge in [0.2, 0.25) is 5.91 Å². The number of aromatic hydroxyl groups is 1. The Kier molecular flexibility index (Phi) is 3.42. The van der Waals surface area contributed by atoms with Crippen LogP contribution < -0.4 is 10.6 Å². The van der Waals surface area contributed by atoms with E-state index >= 15 is 0 Å². The van der Waals surface area contributed by atoms with Crippen molar-refractivity contribution in [2.75, 3.05) is 11.9 Å². The van der Waals surface area contributed by atoms with E-state index in [0.29, 0.717) is 0 Å². The fourth-order valence-corrected chi connectivity index (χ4v) is 1.87. The summed E-state index contributed by atoms with van der Waals surface area (Å²) in [5, 5.41) is 25.7. The molecule has 1 aliphatic heterocycles. The molecule has 1 heterocycles. The number of carbonyl (C=O) groups is 1. The summed E-state index contributed by atoms with van der Waals surface area (Å²) in [5.41, 5.74) is -0.0382. The van der Waals surface area contributed by atoms with Crippen molar-refractivity contribution in [3.63, 3.8) is 0 Å². The summed E-state index contributed by atoms with van der Waals surface area (Å²) >= 11 is 0. The monoisotopic (exact) mass is 251 g/mol. The van der Waals surface area contributed by atoms with Crippen LogP contribution in [-0.4, -0.2) is 28.5 Å². The number of amides is 1. The predicted molar refractivity (Wildman–Crippen MR) is 64.4 cm³/mol. The number of nitro benzene ring substituents is 1. The maximum atomic E-state index is 11.8. The number of hydrogen-bond acceptors (Lipinski definition) is 5. The summed E-state index contributed by atoms with van der Waals surface area (Å²) in [6.45, 7) is 0.796.